The zero-order valence-electron chi connectivity index (χ0n) is 10.8. The SMILES string of the molecule is CCCN(CC(F)(F)F)c1ccc(C)cc1C(=O)O. The van der Waals surface area contributed by atoms with Crippen molar-refractivity contribution in [3.63, 3.8) is 0 Å². The second-order valence-corrected chi connectivity index (χ2v) is 4.36. The summed E-state index contributed by atoms with van der Waals surface area (Å²) in [5.41, 5.74) is 0.708. The Bertz CT molecular complexity index is 458. The summed E-state index contributed by atoms with van der Waals surface area (Å²) in [6.45, 7) is 2.45. The van der Waals surface area contributed by atoms with Crippen LogP contribution in [0.5, 0.6) is 0 Å². The van der Waals surface area contributed by atoms with Gasteiger partial charge in [-0.25, -0.2) is 4.79 Å². The molecule has 0 fully saturated rings. The van der Waals surface area contributed by atoms with Crippen LogP contribution in [-0.4, -0.2) is 30.3 Å². The minimum Gasteiger partial charge on any atom is -0.478 e. The molecule has 0 radical (unpaired) electrons. The quantitative estimate of drug-likeness (QED) is 0.894. The molecule has 0 aliphatic carbocycles. The van der Waals surface area contributed by atoms with Crippen LogP contribution < -0.4 is 4.90 Å². The zero-order chi connectivity index (χ0) is 14.6. The smallest absolute Gasteiger partial charge is 0.405 e. The van der Waals surface area contributed by atoms with Crippen molar-refractivity contribution in [3.05, 3.63) is 29.3 Å². The summed E-state index contributed by atoms with van der Waals surface area (Å²) in [4.78, 5) is 12.2. The van der Waals surface area contributed by atoms with E-state index in [1.54, 1.807) is 19.9 Å². The Balaban J connectivity index is 3.18. The number of aromatic carboxylic acids is 1. The van der Waals surface area contributed by atoms with Gasteiger partial charge in [0.05, 0.1) is 11.3 Å². The van der Waals surface area contributed by atoms with Crippen LogP contribution >= 0.6 is 0 Å². The van der Waals surface area contributed by atoms with Gasteiger partial charge < -0.3 is 10.0 Å². The monoisotopic (exact) mass is 275 g/mol. The number of rotatable bonds is 5. The van der Waals surface area contributed by atoms with Crippen molar-refractivity contribution in [2.75, 3.05) is 18.0 Å². The number of benzene rings is 1. The maximum absolute atomic E-state index is 12.5. The van der Waals surface area contributed by atoms with E-state index < -0.39 is 18.7 Å². The Hall–Kier alpha value is -1.72. The van der Waals surface area contributed by atoms with Crippen molar-refractivity contribution in [3.8, 4) is 0 Å². The molecule has 0 spiro atoms. The highest BCUT2D eigenvalue weighted by Gasteiger charge is 2.31. The van der Waals surface area contributed by atoms with Crippen molar-refractivity contribution in [2.45, 2.75) is 26.4 Å². The molecule has 0 amide bonds. The Morgan fingerprint density at radius 2 is 2.00 bits per heavy atom. The predicted molar refractivity (Wildman–Crippen MR) is 66.7 cm³/mol. The number of hydrogen-bond donors (Lipinski definition) is 1. The van der Waals surface area contributed by atoms with Crippen molar-refractivity contribution >= 4 is 11.7 Å². The second kappa shape index (κ2) is 5.95. The summed E-state index contributed by atoms with van der Waals surface area (Å²) in [5.74, 6) is -1.22. The number of nitrogens with zero attached hydrogens (tertiary/aromatic N) is 1. The van der Waals surface area contributed by atoms with Crippen molar-refractivity contribution < 1.29 is 23.1 Å². The summed E-state index contributed by atoms with van der Waals surface area (Å²) in [6, 6.07) is 4.43. The van der Waals surface area contributed by atoms with Gasteiger partial charge in [0.25, 0.3) is 0 Å². The van der Waals surface area contributed by atoms with Gasteiger partial charge in [0.2, 0.25) is 0 Å². The predicted octanol–water partition coefficient (Wildman–Crippen LogP) is 3.47. The van der Waals surface area contributed by atoms with Crippen LogP contribution in [0.2, 0.25) is 0 Å². The van der Waals surface area contributed by atoms with E-state index in [4.69, 9.17) is 5.11 Å². The van der Waals surface area contributed by atoms with Crippen LogP contribution in [0.25, 0.3) is 0 Å². The molecule has 0 aliphatic rings. The minimum absolute atomic E-state index is 0.0994. The van der Waals surface area contributed by atoms with Gasteiger partial charge >= 0.3 is 12.1 Å². The fourth-order valence-electron chi connectivity index (χ4n) is 1.87. The summed E-state index contributed by atoms with van der Waals surface area (Å²) in [7, 11) is 0. The summed E-state index contributed by atoms with van der Waals surface area (Å²) in [6.07, 6.45) is -3.86. The highest BCUT2D eigenvalue weighted by molar-refractivity contribution is 5.94. The molecule has 0 unspecified atom stereocenters. The topological polar surface area (TPSA) is 40.5 Å². The average Bonchev–Trinajstić information content (AvgIpc) is 2.26. The lowest BCUT2D eigenvalue weighted by Gasteiger charge is -2.27. The van der Waals surface area contributed by atoms with E-state index in [-0.39, 0.29) is 17.8 Å². The van der Waals surface area contributed by atoms with Crippen LogP contribution in [0.15, 0.2) is 18.2 Å². The third kappa shape index (κ3) is 4.46. The Morgan fingerprint density at radius 1 is 1.37 bits per heavy atom. The van der Waals surface area contributed by atoms with Crippen molar-refractivity contribution in [2.24, 2.45) is 0 Å². The molecule has 1 N–H and O–H groups in total. The third-order valence-corrected chi connectivity index (χ3v) is 2.59. The van der Waals surface area contributed by atoms with Gasteiger partial charge in [0.15, 0.2) is 0 Å². The normalized spacial score (nSPS) is 11.4. The molecule has 106 valence electrons. The number of anilines is 1. The maximum Gasteiger partial charge on any atom is 0.405 e. The van der Waals surface area contributed by atoms with Gasteiger partial charge in [-0.05, 0) is 25.5 Å². The van der Waals surface area contributed by atoms with Gasteiger partial charge in [0, 0.05) is 6.54 Å². The van der Waals surface area contributed by atoms with Crippen LogP contribution in [-0.2, 0) is 0 Å². The number of carboxylic acids is 1. The Kier molecular flexibility index (Phi) is 4.80. The summed E-state index contributed by atoms with van der Waals surface area (Å²) >= 11 is 0. The van der Waals surface area contributed by atoms with Gasteiger partial charge in [-0.2, -0.15) is 13.2 Å². The van der Waals surface area contributed by atoms with Crippen LogP contribution in [0.3, 0.4) is 0 Å². The molecule has 0 saturated carbocycles. The molecular formula is C13H16F3NO2. The molecule has 0 aromatic heterocycles. The van der Waals surface area contributed by atoms with Crippen LogP contribution in [0.4, 0.5) is 18.9 Å². The van der Waals surface area contributed by atoms with E-state index in [0.29, 0.717) is 12.0 Å². The van der Waals surface area contributed by atoms with E-state index in [1.165, 1.54) is 12.1 Å². The molecule has 0 bridgehead atoms. The number of aryl methyl sites for hydroxylation is 1. The lowest BCUT2D eigenvalue weighted by Crippen LogP contribution is -2.35. The van der Waals surface area contributed by atoms with Gasteiger partial charge in [-0.1, -0.05) is 18.6 Å². The third-order valence-electron chi connectivity index (χ3n) is 2.59. The number of carboxylic acid groups (broad SMARTS) is 1. The number of alkyl halides is 3. The van der Waals surface area contributed by atoms with Crippen LogP contribution in [0, 0.1) is 6.92 Å². The minimum atomic E-state index is -4.37. The number of hydrogen-bond acceptors (Lipinski definition) is 2. The zero-order valence-corrected chi connectivity index (χ0v) is 10.8. The van der Waals surface area contributed by atoms with Gasteiger partial charge in [0.1, 0.15) is 6.54 Å². The first-order valence-corrected chi connectivity index (χ1v) is 5.90. The molecule has 19 heavy (non-hydrogen) atoms. The Morgan fingerprint density at radius 3 is 2.47 bits per heavy atom. The van der Waals surface area contributed by atoms with E-state index in [9.17, 15) is 18.0 Å². The highest BCUT2D eigenvalue weighted by Crippen LogP contribution is 2.26. The first kappa shape index (κ1) is 15.3. The second-order valence-electron chi connectivity index (χ2n) is 4.36. The van der Waals surface area contributed by atoms with Crippen LogP contribution in [0.1, 0.15) is 29.3 Å². The Labute approximate surface area is 109 Å². The lowest BCUT2D eigenvalue weighted by molar-refractivity contribution is -0.119. The fourth-order valence-corrected chi connectivity index (χ4v) is 1.87. The first-order chi connectivity index (χ1) is 8.74. The molecule has 0 aliphatic heterocycles. The molecular weight excluding hydrogens is 259 g/mol. The standard InChI is InChI=1S/C13H16F3NO2/c1-3-6-17(8-13(14,15)16)11-5-4-9(2)7-10(11)12(18)19/h4-5,7H,3,6,8H2,1-2H3,(H,18,19). The molecule has 0 atom stereocenters. The van der Waals surface area contributed by atoms with E-state index in [2.05, 4.69) is 0 Å². The van der Waals surface area contributed by atoms with E-state index >= 15 is 0 Å². The van der Waals surface area contributed by atoms with Crippen molar-refractivity contribution in [1.29, 1.82) is 0 Å². The highest BCUT2D eigenvalue weighted by atomic mass is 19.4. The van der Waals surface area contributed by atoms with Gasteiger partial charge in [-0.3, -0.25) is 0 Å². The average molecular weight is 275 g/mol. The molecule has 3 nitrogen and oxygen atoms in total. The summed E-state index contributed by atoms with van der Waals surface area (Å²) in [5, 5.41) is 9.10. The molecule has 1 aromatic carbocycles. The molecule has 1 aromatic rings. The molecule has 0 heterocycles. The van der Waals surface area contributed by atoms with E-state index in [1.807, 2.05) is 0 Å². The number of carbonyl (C=O) groups is 1. The number of halogens is 3. The van der Waals surface area contributed by atoms with E-state index in [0.717, 1.165) is 4.90 Å². The molecule has 0 saturated heterocycles. The molecule has 1 rings (SSSR count). The largest absolute Gasteiger partial charge is 0.478 e. The van der Waals surface area contributed by atoms with Crippen molar-refractivity contribution in [1.82, 2.24) is 0 Å². The fraction of sp³-hybridized carbons (Fsp3) is 0.462. The van der Waals surface area contributed by atoms with Gasteiger partial charge in [-0.15, -0.1) is 0 Å². The maximum atomic E-state index is 12.5. The lowest BCUT2D eigenvalue weighted by atomic mass is 10.1. The molecule has 6 heteroatoms. The first-order valence-electron chi connectivity index (χ1n) is 5.90. The summed E-state index contributed by atoms with van der Waals surface area (Å²) < 4.78 is 37.6.